The summed E-state index contributed by atoms with van der Waals surface area (Å²) in [6.07, 6.45) is 0. The minimum atomic E-state index is -0.406. The second-order valence-electron chi connectivity index (χ2n) is 7.05. The lowest BCUT2D eigenvalue weighted by Gasteiger charge is -2.10. The maximum absolute atomic E-state index is 12.1. The predicted octanol–water partition coefficient (Wildman–Crippen LogP) is 5.21. The Balaban J connectivity index is 1.98. The zero-order chi connectivity index (χ0) is 22.7. The van der Waals surface area contributed by atoms with Gasteiger partial charge in [0.15, 0.2) is 0 Å². The zero-order valence-corrected chi connectivity index (χ0v) is 18.3. The van der Waals surface area contributed by atoms with E-state index in [0.29, 0.717) is 22.6 Å². The van der Waals surface area contributed by atoms with Crippen molar-refractivity contribution >= 4 is 27.5 Å². The van der Waals surface area contributed by atoms with Gasteiger partial charge in [-0.25, -0.2) is 4.79 Å². The van der Waals surface area contributed by atoms with Gasteiger partial charge >= 0.3 is 5.97 Å². The van der Waals surface area contributed by atoms with Gasteiger partial charge in [-0.1, -0.05) is 36.1 Å². The molecule has 4 rings (SSSR count). The molecule has 4 aromatic rings. The fourth-order valence-corrected chi connectivity index (χ4v) is 3.67. The highest BCUT2D eigenvalue weighted by Gasteiger charge is 2.12. The van der Waals surface area contributed by atoms with Crippen molar-refractivity contribution in [3.05, 3.63) is 77.4 Å². The van der Waals surface area contributed by atoms with Crippen LogP contribution < -0.4 is 14.2 Å². The summed E-state index contributed by atoms with van der Waals surface area (Å²) in [5, 5.41) is 3.69. The Kier molecular flexibility index (Phi) is 5.87. The summed E-state index contributed by atoms with van der Waals surface area (Å²) in [7, 11) is 6.21. The van der Waals surface area contributed by atoms with Crippen molar-refractivity contribution in [2.24, 2.45) is 0 Å². The molecule has 0 bridgehead atoms. The van der Waals surface area contributed by atoms with Crippen LogP contribution in [-0.2, 0) is 4.74 Å². The van der Waals surface area contributed by atoms with Crippen LogP contribution in [-0.4, -0.2) is 34.4 Å². The lowest BCUT2D eigenvalue weighted by Crippen LogP contribution is -2.01. The summed E-state index contributed by atoms with van der Waals surface area (Å²) in [5.41, 5.74) is 1.87. The van der Waals surface area contributed by atoms with Gasteiger partial charge in [-0.15, -0.1) is 0 Å². The summed E-state index contributed by atoms with van der Waals surface area (Å²) in [6.45, 7) is 0. The van der Waals surface area contributed by atoms with E-state index < -0.39 is 5.97 Å². The molecule has 0 fully saturated rings. The van der Waals surface area contributed by atoms with Crippen molar-refractivity contribution in [1.29, 1.82) is 0 Å². The number of carbonyl (C=O) groups is 1. The summed E-state index contributed by atoms with van der Waals surface area (Å²) in [5.74, 6) is 8.15. The molecule has 5 heteroatoms. The van der Waals surface area contributed by atoms with Crippen molar-refractivity contribution in [3.8, 4) is 29.1 Å². The summed E-state index contributed by atoms with van der Waals surface area (Å²) in [6, 6.07) is 18.9. The van der Waals surface area contributed by atoms with Gasteiger partial charge in [-0.3, -0.25) is 0 Å². The van der Waals surface area contributed by atoms with E-state index >= 15 is 0 Å². The van der Waals surface area contributed by atoms with Crippen molar-refractivity contribution in [3.63, 3.8) is 0 Å². The van der Waals surface area contributed by atoms with Crippen LogP contribution in [0.2, 0.25) is 0 Å². The van der Waals surface area contributed by atoms with Gasteiger partial charge in [-0.2, -0.15) is 0 Å². The monoisotopic (exact) mass is 426 g/mol. The second-order valence-corrected chi connectivity index (χ2v) is 7.05. The van der Waals surface area contributed by atoms with E-state index in [1.807, 2.05) is 48.5 Å². The first-order valence-corrected chi connectivity index (χ1v) is 9.95. The lowest BCUT2D eigenvalue weighted by molar-refractivity contribution is 0.0601. The third-order valence-corrected chi connectivity index (χ3v) is 5.35. The van der Waals surface area contributed by atoms with Crippen LogP contribution in [0.25, 0.3) is 21.5 Å². The molecular formula is C27H22O5. The normalized spacial score (nSPS) is 10.4. The number of benzene rings is 4. The highest BCUT2D eigenvalue weighted by molar-refractivity contribution is 5.99. The quantitative estimate of drug-likeness (QED) is 0.331. The third-order valence-electron chi connectivity index (χ3n) is 5.35. The number of hydrogen-bond acceptors (Lipinski definition) is 5. The van der Waals surface area contributed by atoms with Crippen LogP contribution in [0.3, 0.4) is 0 Å². The molecule has 0 atom stereocenters. The van der Waals surface area contributed by atoms with Crippen LogP contribution in [0.4, 0.5) is 0 Å². The first kappa shape index (κ1) is 21.1. The molecule has 32 heavy (non-hydrogen) atoms. The van der Waals surface area contributed by atoms with Crippen LogP contribution in [0.1, 0.15) is 21.5 Å². The van der Waals surface area contributed by atoms with E-state index in [2.05, 4.69) is 11.8 Å². The number of methoxy groups -OCH3 is 4. The van der Waals surface area contributed by atoms with Gasteiger partial charge in [0.05, 0.1) is 45.1 Å². The van der Waals surface area contributed by atoms with Crippen LogP contribution in [0, 0.1) is 11.8 Å². The Labute approximate surface area is 186 Å². The molecule has 0 saturated carbocycles. The summed E-state index contributed by atoms with van der Waals surface area (Å²) >= 11 is 0. The zero-order valence-electron chi connectivity index (χ0n) is 18.3. The largest absolute Gasteiger partial charge is 0.497 e. The first-order chi connectivity index (χ1) is 15.6. The SMILES string of the molecule is COC(=O)c1ccc2ccc(OC)c(C#Cc3c(OC)ccc4ccc(OC)cc34)c2c1. The lowest BCUT2D eigenvalue weighted by atomic mass is 9.99. The molecule has 0 N–H and O–H groups in total. The standard InChI is InChI=1S/C27H22O5/c1-29-20-10-7-18-9-14-26(31-3)22(24(18)16-20)12-11-21-23-15-19(27(28)32-4)6-5-17(23)8-13-25(21)30-2/h5-10,13-16H,1-4H3. The molecule has 0 aliphatic heterocycles. The van der Waals surface area contributed by atoms with E-state index in [0.717, 1.165) is 32.9 Å². The van der Waals surface area contributed by atoms with Crippen molar-refractivity contribution in [2.75, 3.05) is 28.4 Å². The molecular weight excluding hydrogens is 404 g/mol. The van der Waals surface area contributed by atoms with E-state index in [-0.39, 0.29) is 0 Å². The molecule has 0 aliphatic carbocycles. The average molecular weight is 426 g/mol. The molecule has 160 valence electrons. The first-order valence-electron chi connectivity index (χ1n) is 9.95. The minimum absolute atomic E-state index is 0.406. The van der Waals surface area contributed by atoms with Crippen LogP contribution in [0.5, 0.6) is 17.2 Å². The van der Waals surface area contributed by atoms with Crippen LogP contribution >= 0.6 is 0 Å². The van der Waals surface area contributed by atoms with Crippen LogP contribution in [0.15, 0.2) is 60.7 Å². The molecule has 0 aromatic heterocycles. The van der Waals surface area contributed by atoms with E-state index in [9.17, 15) is 4.79 Å². The molecule has 0 heterocycles. The fraction of sp³-hybridized carbons (Fsp3) is 0.148. The Morgan fingerprint density at radius 1 is 0.656 bits per heavy atom. The molecule has 0 amide bonds. The summed E-state index contributed by atoms with van der Waals surface area (Å²) in [4.78, 5) is 12.1. The highest BCUT2D eigenvalue weighted by atomic mass is 16.5. The molecule has 5 nitrogen and oxygen atoms in total. The van der Waals surface area contributed by atoms with Gasteiger partial charge in [0, 0.05) is 10.8 Å². The Morgan fingerprint density at radius 3 is 1.72 bits per heavy atom. The number of carbonyl (C=O) groups excluding carboxylic acids is 1. The van der Waals surface area contributed by atoms with Crippen molar-refractivity contribution in [1.82, 2.24) is 0 Å². The van der Waals surface area contributed by atoms with Gasteiger partial charge in [0.1, 0.15) is 17.2 Å². The Morgan fingerprint density at radius 2 is 1.19 bits per heavy atom. The second kappa shape index (κ2) is 8.91. The number of rotatable bonds is 4. The smallest absolute Gasteiger partial charge is 0.337 e. The molecule has 0 radical (unpaired) electrons. The topological polar surface area (TPSA) is 54.0 Å². The number of ether oxygens (including phenoxy) is 4. The van der Waals surface area contributed by atoms with Gasteiger partial charge in [0.2, 0.25) is 0 Å². The third kappa shape index (κ3) is 3.79. The van der Waals surface area contributed by atoms with E-state index in [4.69, 9.17) is 18.9 Å². The number of hydrogen-bond donors (Lipinski definition) is 0. The highest BCUT2D eigenvalue weighted by Crippen LogP contribution is 2.32. The number of fused-ring (bicyclic) bond motifs is 2. The Bertz CT molecular complexity index is 1390. The number of esters is 1. The van der Waals surface area contributed by atoms with Gasteiger partial charge < -0.3 is 18.9 Å². The maximum Gasteiger partial charge on any atom is 0.337 e. The maximum atomic E-state index is 12.1. The van der Waals surface area contributed by atoms with E-state index in [1.54, 1.807) is 33.5 Å². The molecule has 0 aliphatic rings. The minimum Gasteiger partial charge on any atom is -0.497 e. The van der Waals surface area contributed by atoms with Gasteiger partial charge in [0.25, 0.3) is 0 Å². The predicted molar refractivity (Wildman–Crippen MR) is 125 cm³/mol. The fourth-order valence-electron chi connectivity index (χ4n) is 3.67. The molecule has 4 aromatic carbocycles. The summed E-state index contributed by atoms with van der Waals surface area (Å²) < 4.78 is 21.4. The van der Waals surface area contributed by atoms with Crippen molar-refractivity contribution < 1.29 is 23.7 Å². The van der Waals surface area contributed by atoms with E-state index in [1.165, 1.54) is 7.11 Å². The molecule has 0 spiro atoms. The molecule has 0 unspecified atom stereocenters. The molecule has 0 saturated heterocycles. The van der Waals surface area contributed by atoms with Gasteiger partial charge in [-0.05, 0) is 47.2 Å². The Hall–Kier alpha value is -4.17. The van der Waals surface area contributed by atoms with Crippen molar-refractivity contribution in [2.45, 2.75) is 0 Å². The average Bonchev–Trinajstić information content (AvgIpc) is 2.85.